The van der Waals surface area contributed by atoms with E-state index in [1.54, 1.807) is 0 Å². The van der Waals surface area contributed by atoms with Crippen molar-refractivity contribution in [1.82, 2.24) is 9.80 Å². The number of nitrogens with two attached hydrogens (primary N) is 1. The Morgan fingerprint density at radius 3 is 2.52 bits per heavy atom. The third-order valence-corrected chi connectivity index (χ3v) is 6.60. The molecule has 0 aromatic heterocycles. The minimum Gasteiger partial charge on any atom is -0.370 e. The van der Waals surface area contributed by atoms with Gasteiger partial charge in [0.1, 0.15) is 0 Å². The number of carbonyl (C=O) groups excluding carboxylic acids is 1. The highest BCUT2D eigenvalue weighted by Gasteiger charge is 2.45. The zero-order valence-electron chi connectivity index (χ0n) is 15.2. The second kappa shape index (κ2) is 7.08. The van der Waals surface area contributed by atoms with Gasteiger partial charge in [-0.3, -0.25) is 9.69 Å². The van der Waals surface area contributed by atoms with Gasteiger partial charge in [-0.2, -0.15) is 0 Å². The second-order valence-electron chi connectivity index (χ2n) is 8.53. The molecular formula is C21H31N3O. The molecule has 1 aromatic carbocycles. The first kappa shape index (κ1) is 17.0. The quantitative estimate of drug-likeness (QED) is 0.895. The lowest BCUT2D eigenvalue weighted by Crippen LogP contribution is -2.52. The first-order valence-corrected chi connectivity index (χ1v) is 9.93. The number of amides is 1. The summed E-state index contributed by atoms with van der Waals surface area (Å²) in [6.07, 6.45) is 7.12. The van der Waals surface area contributed by atoms with Crippen molar-refractivity contribution in [2.24, 2.45) is 11.1 Å². The van der Waals surface area contributed by atoms with Crippen LogP contribution in [-0.4, -0.2) is 54.5 Å². The normalized spacial score (nSPS) is 27.4. The highest BCUT2D eigenvalue weighted by molar-refractivity contribution is 5.73. The molecule has 1 spiro atoms. The minimum atomic E-state index is -0.179. The summed E-state index contributed by atoms with van der Waals surface area (Å²) < 4.78 is 0. The average Bonchev–Trinajstić information content (AvgIpc) is 3.47. The first-order chi connectivity index (χ1) is 12.1. The molecule has 2 saturated heterocycles. The van der Waals surface area contributed by atoms with E-state index in [2.05, 4.69) is 40.1 Å². The van der Waals surface area contributed by atoms with Crippen LogP contribution in [-0.2, 0) is 4.79 Å². The molecule has 1 unspecified atom stereocenters. The number of likely N-dealkylation sites (tertiary alicyclic amines) is 2. The van der Waals surface area contributed by atoms with Gasteiger partial charge in [0.25, 0.3) is 0 Å². The van der Waals surface area contributed by atoms with Gasteiger partial charge in [-0.15, -0.1) is 0 Å². The molecule has 2 aliphatic heterocycles. The van der Waals surface area contributed by atoms with Crippen LogP contribution in [0.5, 0.6) is 0 Å². The van der Waals surface area contributed by atoms with Gasteiger partial charge < -0.3 is 10.6 Å². The van der Waals surface area contributed by atoms with Crippen molar-refractivity contribution in [3.8, 4) is 0 Å². The Kier molecular flexibility index (Phi) is 4.83. The topological polar surface area (TPSA) is 49.6 Å². The highest BCUT2D eigenvalue weighted by Crippen LogP contribution is 2.47. The van der Waals surface area contributed by atoms with Gasteiger partial charge in [0.2, 0.25) is 5.91 Å². The Labute approximate surface area is 151 Å². The average molecular weight is 341 g/mol. The number of benzene rings is 1. The molecule has 1 aliphatic carbocycles. The Morgan fingerprint density at radius 1 is 1.16 bits per heavy atom. The second-order valence-corrected chi connectivity index (χ2v) is 8.53. The molecule has 2 N–H and O–H groups in total. The van der Waals surface area contributed by atoms with Gasteiger partial charge in [0.15, 0.2) is 0 Å². The molecule has 4 nitrogen and oxygen atoms in total. The van der Waals surface area contributed by atoms with E-state index in [4.69, 9.17) is 5.73 Å². The summed E-state index contributed by atoms with van der Waals surface area (Å²) in [4.78, 5) is 16.3. The Morgan fingerprint density at radius 2 is 1.88 bits per heavy atom. The third-order valence-electron chi connectivity index (χ3n) is 6.60. The lowest BCUT2D eigenvalue weighted by atomic mass is 9.68. The zero-order valence-corrected chi connectivity index (χ0v) is 15.2. The van der Waals surface area contributed by atoms with Gasteiger partial charge in [-0.05, 0) is 62.1 Å². The molecular weight excluding hydrogens is 310 g/mol. The molecule has 1 atom stereocenters. The Hall–Kier alpha value is -1.39. The van der Waals surface area contributed by atoms with Crippen molar-refractivity contribution in [2.75, 3.05) is 32.7 Å². The predicted molar refractivity (Wildman–Crippen MR) is 100 cm³/mol. The van der Waals surface area contributed by atoms with Crippen molar-refractivity contribution in [3.05, 3.63) is 35.9 Å². The van der Waals surface area contributed by atoms with Crippen molar-refractivity contribution < 1.29 is 4.79 Å². The molecule has 0 radical (unpaired) electrons. The van der Waals surface area contributed by atoms with E-state index in [9.17, 15) is 4.79 Å². The van der Waals surface area contributed by atoms with Gasteiger partial charge >= 0.3 is 0 Å². The number of hydrogen-bond donors (Lipinski definition) is 1. The van der Waals surface area contributed by atoms with Crippen LogP contribution in [0.1, 0.15) is 50.0 Å². The van der Waals surface area contributed by atoms with Gasteiger partial charge in [0, 0.05) is 32.1 Å². The highest BCUT2D eigenvalue weighted by atomic mass is 16.1. The SMILES string of the molecule is NC(=O)CCN1CCC2(CC1)CC(c1ccccc1)CN(C1CC1)C2. The molecule has 0 bridgehead atoms. The first-order valence-electron chi connectivity index (χ1n) is 9.93. The van der Waals surface area contributed by atoms with Gasteiger partial charge in [0.05, 0.1) is 0 Å². The van der Waals surface area contributed by atoms with E-state index in [-0.39, 0.29) is 5.91 Å². The number of hydrogen-bond acceptors (Lipinski definition) is 3. The van der Waals surface area contributed by atoms with E-state index in [0.717, 1.165) is 25.7 Å². The molecule has 4 heteroatoms. The maximum Gasteiger partial charge on any atom is 0.218 e. The van der Waals surface area contributed by atoms with E-state index in [0.29, 0.717) is 17.8 Å². The van der Waals surface area contributed by atoms with Gasteiger partial charge in [-0.25, -0.2) is 0 Å². The van der Waals surface area contributed by atoms with Crippen LogP contribution in [0.4, 0.5) is 0 Å². The number of piperidine rings is 2. The van der Waals surface area contributed by atoms with Crippen molar-refractivity contribution in [3.63, 3.8) is 0 Å². The lowest BCUT2D eigenvalue weighted by Gasteiger charge is -2.50. The van der Waals surface area contributed by atoms with Crippen LogP contribution in [0, 0.1) is 5.41 Å². The molecule has 25 heavy (non-hydrogen) atoms. The number of carbonyl (C=O) groups is 1. The monoisotopic (exact) mass is 341 g/mol. The minimum absolute atomic E-state index is 0.179. The molecule has 3 aliphatic rings. The van der Waals surface area contributed by atoms with Crippen molar-refractivity contribution in [2.45, 2.75) is 50.5 Å². The summed E-state index contributed by atoms with van der Waals surface area (Å²) in [5.41, 5.74) is 7.29. The molecule has 136 valence electrons. The van der Waals surface area contributed by atoms with Crippen molar-refractivity contribution in [1.29, 1.82) is 0 Å². The fourth-order valence-corrected chi connectivity index (χ4v) is 4.98. The molecule has 4 rings (SSSR count). The van der Waals surface area contributed by atoms with Crippen molar-refractivity contribution >= 4 is 5.91 Å². The molecule has 1 amide bonds. The van der Waals surface area contributed by atoms with Crippen LogP contribution in [0.15, 0.2) is 30.3 Å². The maximum absolute atomic E-state index is 11.1. The number of rotatable bonds is 5. The summed E-state index contributed by atoms with van der Waals surface area (Å²) >= 11 is 0. The van der Waals surface area contributed by atoms with E-state index in [1.807, 2.05) is 0 Å². The third kappa shape index (κ3) is 4.06. The molecule has 3 fully saturated rings. The number of nitrogens with zero attached hydrogens (tertiary/aromatic N) is 2. The smallest absolute Gasteiger partial charge is 0.218 e. The van der Waals surface area contributed by atoms with Gasteiger partial charge in [-0.1, -0.05) is 30.3 Å². The van der Waals surface area contributed by atoms with E-state index >= 15 is 0 Å². The lowest BCUT2D eigenvalue weighted by molar-refractivity contribution is -0.118. The number of primary amides is 1. The molecule has 1 aromatic rings. The van der Waals surface area contributed by atoms with E-state index < -0.39 is 0 Å². The molecule has 2 heterocycles. The standard InChI is InChI=1S/C21H31N3O/c22-20(25)8-11-23-12-9-21(10-13-23)14-18(17-4-2-1-3-5-17)15-24(16-21)19-6-7-19/h1-5,18-19H,6-16H2,(H2,22,25). The van der Waals surface area contributed by atoms with Crippen LogP contribution in [0.25, 0.3) is 0 Å². The Balaban J connectivity index is 1.44. The van der Waals surface area contributed by atoms with Crippen LogP contribution in [0.2, 0.25) is 0 Å². The summed E-state index contributed by atoms with van der Waals surface area (Å²) in [6, 6.07) is 12.0. The van der Waals surface area contributed by atoms with E-state index in [1.165, 1.54) is 50.8 Å². The summed E-state index contributed by atoms with van der Waals surface area (Å²) in [7, 11) is 0. The fourth-order valence-electron chi connectivity index (χ4n) is 4.98. The summed E-state index contributed by atoms with van der Waals surface area (Å²) in [5.74, 6) is 0.495. The van der Waals surface area contributed by atoms with Crippen LogP contribution in [0.3, 0.4) is 0 Å². The summed E-state index contributed by atoms with van der Waals surface area (Å²) in [5, 5.41) is 0. The predicted octanol–water partition coefficient (Wildman–Crippen LogP) is 2.60. The summed E-state index contributed by atoms with van der Waals surface area (Å²) in [6.45, 7) is 5.59. The molecule has 1 saturated carbocycles. The fraction of sp³-hybridized carbons (Fsp3) is 0.667. The largest absolute Gasteiger partial charge is 0.370 e. The Bertz CT molecular complexity index is 590. The zero-order chi connectivity index (χ0) is 17.3. The maximum atomic E-state index is 11.1. The van der Waals surface area contributed by atoms with Crippen LogP contribution >= 0.6 is 0 Å². The van der Waals surface area contributed by atoms with Crippen LogP contribution < -0.4 is 5.73 Å².